The molecule has 0 radical (unpaired) electrons. The van der Waals surface area contributed by atoms with E-state index in [1.165, 1.54) is 0 Å². The summed E-state index contributed by atoms with van der Waals surface area (Å²) in [7, 11) is 0. The van der Waals surface area contributed by atoms with Gasteiger partial charge in [0.1, 0.15) is 11.9 Å². The molecule has 2 aliphatic heterocycles. The van der Waals surface area contributed by atoms with Crippen LogP contribution in [0.1, 0.15) is 12.8 Å². The van der Waals surface area contributed by atoms with E-state index in [0.717, 1.165) is 51.4 Å². The average molecular weight is 298 g/mol. The fourth-order valence-corrected chi connectivity index (χ4v) is 2.86. The second kappa shape index (κ2) is 6.76. The molecular weight excluding hydrogens is 278 g/mol. The Morgan fingerprint density at radius 2 is 2.05 bits per heavy atom. The van der Waals surface area contributed by atoms with Crippen LogP contribution in [0.4, 0.5) is 0 Å². The van der Waals surface area contributed by atoms with E-state index < -0.39 is 0 Å². The summed E-state index contributed by atoms with van der Waals surface area (Å²) >= 11 is 6.11. The van der Waals surface area contributed by atoms with Crippen molar-refractivity contribution in [3.8, 4) is 5.75 Å². The Kier molecular flexibility index (Phi) is 4.78. The topological polar surface area (TPSA) is 30.9 Å². The fraction of sp³-hybridized carbons (Fsp3) is 0.600. The minimum atomic E-state index is -0.0152. The third-order valence-electron chi connectivity index (χ3n) is 3.73. The minimum absolute atomic E-state index is 0.0152. The van der Waals surface area contributed by atoms with Gasteiger partial charge in [-0.3, -0.25) is 4.90 Å². The molecule has 0 aromatic heterocycles. The Labute approximate surface area is 124 Å². The molecule has 1 unspecified atom stereocenters. The zero-order chi connectivity index (χ0) is 13.8. The first-order valence-electron chi connectivity index (χ1n) is 7.18. The maximum absolute atomic E-state index is 6.11. The maximum atomic E-state index is 6.11. The fourth-order valence-electron chi connectivity index (χ4n) is 2.68. The summed E-state index contributed by atoms with van der Waals surface area (Å²) in [5.74, 6) is 0.781. The summed E-state index contributed by atoms with van der Waals surface area (Å²) < 4.78 is 16.9. The van der Waals surface area contributed by atoms with Crippen molar-refractivity contribution >= 4 is 11.6 Å². The van der Waals surface area contributed by atoms with Crippen molar-refractivity contribution < 1.29 is 14.2 Å². The van der Waals surface area contributed by atoms with Crippen molar-refractivity contribution in [2.45, 2.75) is 25.2 Å². The second-order valence-electron chi connectivity index (χ2n) is 5.22. The Morgan fingerprint density at radius 3 is 2.85 bits per heavy atom. The van der Waals surface area contributed by atoms with E-state index in [0.29, 0.717) is 5.02 Å². The van der Waals surface area contributed by atoms with Crippen LogP contribution >= 0.6 is 11.6 Å². The van der Waals surface area contributed by atoms with Gasteiger partial charge in [0.2, 0.25) is 0 Å². The van der Waals surface area contributed by atoms with Crippen LogP contribution in [0.2, 0.25) is 5.02 Å². The van der Waals surface area contributed by atoms with Crippen molar-refractivity contribution in [2.75, 3.05) is 32.8 Å². The molecule has 2 heterocycles. The molecule has 4 nitrogen and oxygen atoms in total. The van der Waals surface area contributed by atoms with E-state index in [-0.39, 0.29) is 12.4 Å². The molecule has 5 heteroatoms. The number of halogens is 1. The van der Waals surface area contributed by atoms with E-state index in [1.807, 2.05) is 24.3 Å². The molecule has 0 bridgehead atoms. The Hall–Kier alpha value is -0.810. The van der Waals surface area contributed by atoms with Crippen LogP contribution in [0, 0.1) is 0 Å². The highest BCUT2D eigenvalue weighted by atomic mass is 35.5. The van der Waals surface area contributed by atoms with Gasteiger partial charge >= 0.3 is 0 Å². The van der Waals surface area contributed by atoms with Crippen molar-refractivity contribution in [3.05, 3.63) is 29.3 Å². The first-order valence-corrected chi connectivity index (χ1v) is 7.56. The van der Waals surface area contributed by atoms with Crippen molar-refractivity contribution in [3.63, 3.8) is 0 Å². The third kappa shape index (κ3) is 3.64. The molecule has 1 aromatic rings. The Morgan fingerprint density at radius 1 is 1.25 bits per heavy atom. The number of para-hydroxylation sites is 1. The van der Waals surface area contributed by atoms with Crippen molar-refractivity contribution in [1.29, 1.82) is 0 Å². The lowest BCUT2D eigenvalue weighted by atomic mass is 10.3. The molecule has 3 rings (SSSR count). The first-order chi connectivity index (χ1) is 9.81. The molecule has 0 spiro atoms. The highest BCUT2D eigenvalue weighted by molar-refractivity contribution is 6.32. The zero-order valence-corrected chi connectivity index (χ0v) is 12.2. The molecule has 20 heavy (non-hydrogen) atoms. The number of ether oxygens (including phenoxy) is 3. The van der Waals surface area contributed by atoms with Gasteiger partial charge in [0.05, 0.1) is 18.2 Å². The molecule has 0 saturated carbocycles. The molecule has 110 valence electrons. The second-order valence-corrected chi connectivity index (χ2v) is 5.63. The summed E-state index contributed by atoms with van der Waals surface area (Å²) in [6, 6.07) is 7.64. The molecule has 0 amide bonds. The number of hydrogen-bond donors (Lipinski definition) is 0. The van der Waals surface area contributed by atoms with Gasteiger partial charge in [-0.05, 0) is 18.6 Å². The third-order valence-corrected chi connectivity index (χ3v) is 4.04. The maximum Gasteiger partial charge on any atom is 0.159 e. The highest BCUT2D eigenvalue weighted by Crippen LogP contribution is 2.26. The summed E-state index contributed by atoms with van der Waals surface area (Å²) in [6.45, 7) is 4.44. The highest BCUT2D eigenvalue weighted by Gasteiger charge is 2.26. The van der Waals surface area contributed by atoms with Gasteiger partial charge in [-0.2, -0.15) is 0 Å². The van der Waals surface area contributed by atoms with E-state index in [1.54, 1.807) is 0 Å². The van der Waals surface area contributed by atoms with E-state index >= 15 is 0 Å². The van der Waals surface area contributed by atoms with Gasteiger partial charge in [0, 0.05) is 26.1 Å². The van der Waals surface area contributed by atoms with Gasteiger partial charge in [-0.15, -0.1) is 0 Å². The van der Waals surface area contributed by atoms with Crippen LogP contribution in [0.3, 0.4) is 0 Å². The van der Waals surface area contributed by atoms with Gasteiger partial charge in [-0.25, -0.2) is 0 Å². The number of nitrogens with zero attached hydrogens (tertiary/aromatic N) is 1. The summed E-state index contributed by atoms with van der Waals surface area (Å²) in [5, 5.41) is 0.679. The molecule has 0 N–H and O–H groups in total. The van der Waals surface area contributed by atoms with Crippen LogP contribution in [0.5, 0.6) is 5.75 Å². The molecule has 1 atom stereocenters. The summed E-state index contributed by atoms with van der Waals surface area (Å²) in [4.78, 5) is 2.40. The number of rotatable bonds is 5. The number of benzene rings is 1. The standard InChI is InChI=1S/C15H20ClNO3/c16-13-3-1-2-4-14(13)20-12-5-7-17(11-12)8-6-15-18-9-10-19-15/h1-4,12,15H,5-11H2. The van der Waals surface area contributed by atoms with Crippen LogP contribution in [0.15, 0.2) is 24.3 Å². The van der Waals surface area contributed by atoms with Crippen molar-refractivity contribution in [1.82, 2.24) is 4.90 Å². The number of likely N-dealkylation sites (tertiary alicyclic amines) is 1. The number of hydrogen-bond acceptors (Lipinski definition) is 4. The zero-order valence-electron chi connectivity index (χ0n) is 11.5. The van der Waals surface area contributed by atoms with Crippen LogP contribution in [-0.2, 0) is 9.47 Å². The van der Waals surface area contributed by atoms with Crippen LogP contribution in [-0.4, -0.2) is 50.1 Å². The van der Waals surface area contributed by atoms with Crippen LogP contribution in [0.25, 0.3) is 0 Å². The predicted molar refractivity (Wildman–Crippen MR) is 77.2 cm³/mol. The molecule has 0 aliphatic carbocycles. The lowest BCUT2D eigenvalue weighted by Crippen LogP contribution is -2.28. The first kappa shape index (κ1) is 14.1. The largest absolute Gasteiger partial charge is 0.487 e. The average Bonchev–Trinajstić information content (AvgIpc) is 3.10. The normalized spacial score (nSPS) is 24.4. The molecule has 2 aliphatic rings. The SMILES string of the molecule is Clc1ccccc1OC1CCN(CCC2OCCO2)C1. The monoisotopic (exact) mass is 297 g/mol. The van der Waals surface area contributed by atoms with Crippen LogP contribution < -0.4 is 4.74 Å². The predicted octanol–water partition coefficient (Wildman–Crippen LogP) is 2.56. The summed E-state index contributed by atoms with van der Waals surface area (Å²) in [5.41, 5.74) is 0. The van der Waals surface area contributed by atoms with Gasteiger partial charge < -0.3 is 14.2 Å². The molecule has 2 saturated heterocycles. The molecule has 2 fully saturated rings. The Balaban J connectivity index is 1.43. The lowest BCUT2D eigenvalue weighted by Gasteiger charge is -2.18. The van der Waals surface area contributed by atoms with Gasteiger partial charge in [-0.1, -0.05) is 23.7 Å². The Bertz CT molecular complexity index is 437. The van der Waals surface area contributed by atoms with Crippen molar-refractivity contribution in [2.24, 2.45) is 0 Å². The van der Waals surface area contributed by atoms with E-state index in [9.17, 15) is 0 Å². The van der Waals surface area contributed by atoms with Gasteiger partial charge in [0.15, 0.2) is 6.29 Å². The van der Waals surface area contributed by atoms with E-state index in [2.05, 4.69) is 4.90 Å². The smallest absolute Gasteiger partial charge is 0.159 e. The quantitative estimate of drug-likeness (QED) is 0.836. The minimum Gasteiger partial charge on any atom is -0.487 e. The molecular formula is C15H20ClNO3. The molecule has 1 aromatic carbocycles. The van der Waals surface area contributed by atoms with Gasteiger partial charge in [0.25, 0.3) is 0 Å². The lowest BCUT2D eigenvalue weighted by molar-refractivity contribution is -0.0509. The van der Waals surface area contributed by atoms with E-state index in [4.69, 9.17) is 25.8 Å². The summed E-state index contributed by atoms with van der Waals surface area (Å²) in [6.07, 6.45) is 2.18.